The van der Waals surface area contributed by atoms with E-state index in [2.05, 4.69) is 37.0 Å². The van der Waals surface area contributed by atoms with Gasteiger partial charge in [-0.25, -0.2) is 0 Å². The Morgan fingerprint density at radius 3 is 1.47 bits per heavy atom. The first-order valence-corrected chi connectivity index (χ1v) is 5.68. The van der Waals surface area contributed by atoms with Gasteiger partial charge in [0, 0.05) is 17.8 Å². The van der Waals surface area contributed by atoms with Crippen LogP contribution in [0.2, 0.25) is 0 Å². The Kier molecular flexibility index (Phi) is 6.80. The first kappa shape index (κ1) is 15.3. The second-order valence-corrected chi connectivity index (χ2v) is 4.02. The number of nitrogens with zero attached hydrogens (tertiary/aromatic N) is 2. The molecule has 0 saturated carbocycles. The first-order chi connectivity index (χ1) is 8.04. The van der Waals surface area contributed by atoms with Gasteiger partial charge in [-0.3, -0.25) is 9.98 Å². The van der Waals surface area contributed by atoms with Gasteiger partial charge < -0.3 is 0 Å². The van der Waals surface area contributed by atoms with Gasteiger partial charge in [0.05, 0.1) is 11.4 Å². The van der Waals surface area contributed by atoms with Gasteiger partial charge in [-0.05, 0) is 39.8 Å². The molecule has 0 saturated heterocycles. The summed E-state index contributed by atoms with van der Waals surface area (Å²) >= 11 is 0. The highest BCUT2D eigenvalue weighted by Gasteiger charge is 2.27. The number of hydrogen-bond acceptors (Lipinski definition) is 2. The molecular formula is C15H22N2. The lowest BCUT2D eigenvalue weighted by Gasteiger charge is -2.25. The molecule has 0 rings (SSSR count). The molecule has 92 valence electrons. The van der Waals surface area contributed by atoms with Gasteiger partial charge in [-0.2, -0.15) is 0 Å². The van der Waals surface area contributed by atoms with E-state index >= 15 is 0 Å². The van der Waals surface area contributed by atoms with Crippen LogP contribution in [0.3, 0.4) is 0 Å². The zero-order valence-electron chi connectivity index (χ0n) is 11.3. The molecule has 0 fully saturated rings. The molecule has 0 aliphatic heterocycles. The first-order valence-electron chi connectivity index (χ1n) is 5.68. The summed E-state index contributed by atoms with van der Waals surface area (Å²) in [7, 11) is 0. The molecule has 0 bridgehead atoms. The van der Waals surface area contributed by atoms with Crippen molar-refractivity contribution in [3.8, 4) is 0 Å². The van der Waals surface area contributed by atoms with Crippen molar-refractivity contribution in [2.75, 3.05) is 0 Å². The van der Waals surface area contributed by atoms with Crippen molar-refractivity contribution in [1.29, 1.82) is 0 Å². The van der Waals surface area contributed by atoms with Crippen LogP contribution in [0.15, 0.2) is 59.8 Å². The summed E-state index contributed by atoms with van der Waals surface area (Å²) in [5, 5.41) is 0. The third-order valence-corrected chi connectivity index (χ3v) is 2.39. The fraction of sp³-hybridized carbons (Fsp3) is 0.333. The van der Waals surface area contributed by atoms with Crippen molar-refractivity contribution in [2.24, 2.45) is 15.4 Å². The van der Waals surface area contributed by atoms with E-state index in [4.69, 9.17) is 0 Å². The molecule has 0 amide bonds. The molecule has 0 aromatic carbocycles. The van der Waals surface area contributed by atoms with Crippen molar-refractivity contribution < 1.29 is 0 Å². The predicted molar refractivity (Wildman–Crippen MR) is 78.7 cm³/mol. The number of rotatable bonds is 6. The Morgan fingerprint density at radius 1 is 0.882 bits per heavy atom. The van der Waals surface area contributed by atoms with E-state index in [0.717, 1.165) is 11.4 Å². The molecular weight excluding hydrogens is 208 g/mol. The van der Waals surface area contributed by atoms with E-state index in [1.165, 1.54) is 0 Å². The third kappa shape index (κ3) is 4.35. The highest BCUT2D eigenvalue weighted by atomic mass is 14.8. The van der Waals surface area contributed by atoms with Crippen LogP contribution in [0.5, 0.6) is 0 Å². The SMILES string of the molecule is C=C/N=C(\C=C/C)C(C)(C)C(/C=C\C)=N/C=C. The molecule has 0 aromatic rings. The minimum atomic E-state index is -0.276. The molecule has 0 spiro atoms. The minimum absolute atomic E-state index is 0.276. The Balaban J connectivity index is 5.60. The zero-order chi connectivity index (χ0) is 13.3. The predicted octanol–water partition coefficient (Wildman–Crippen LogP) is 4.33. The van der Waals surface area contributed by atoms with Crippen LogP contribution >= 0.6 is 0 Å². The van der Waals surface area contributed by atoms with Gasteiger partial charge in [0.25, 0.3) is 0 Å². The van der Waals surface area contributed by atoms with Crippen LogP contribution < -0.4 is 0 Å². The summed E-state index contributed by atoms with van der Waals surface area (Å²) in [5.41, 5.74) is 1.57. The monoisotopic (exact) mass is 230 g/mol. The summed E-state index contributed by atoms with van der Waals surface area (Å²) < 4.78 is 0. The molecule has 17 heavy (non-hydrogen) atoms. The zero-order valence-corrected chi connectivity index (χ0v) is 11.3. The van der Waals surface area contributed by atoms with E-state index in [9.17, 15) is 0 Å². The molecule has 0 heterocycles. The molecule has 0 N–H and O–H groups in total. The maximum atomic E-state index is 4.32. The summed E-state index contributed by atoms with van der Waals surface area (Å²) in [5.74, 6) is 0. The molecule has 2 heteroatoms. The lowest BCUT2D eigenvalue weighted by atomic mass is 9.81. The second kappa shape index (κ2) is 7.55. The molecule has 0 unspecified atom stereocenters. The smallest absolute Gasteiger partial charge is 0.0515 e. The van der Waals surface area contributed by atoms with Gasteiger partial charge in [0.15, 0.2) is 0 Å². The average molecular weight is 230 g/mol. The van der Waals surface area contributed by atoms with Crippen LogP contribution in [0, 0.1) is 5.41 Å². The highest BCUT2D eigenvalue weighted by Crippen LogP contribution is 2.23. The highest BCUT2D eigenvalue weighted by molar-refractivity contribution is 6.19. The van der Waals surface area contributed by atoms with Crippen molar-refractivity contribution in [2.45, 2.75) is 27.7 Å². The Labute approximate surface area is 105 Å². The fourth-order valence-electron chi connectivity index (χ4n) is 1.47. The lowest BCUT2D eigenvalue weighted by molar-refractivity contribution is 0.733. The molecule has 2 nitrogen and oxygen atoms in total. The van der Waals surface area contributed by atoms with Crippen LogP contribution in [-0.2, 0) is 0 Å². The van der Waals surface area contributed by atoms with E-state index in [1.807, 2.05) is 38.2 Å². The number of aliphatic imine (C=N–C) groups is 2. The topological polar surface area (TPSA) is 24.7 Å². The molecule has 0 radical (unpaired) electrons. The standard InChI is InChI=1S/C15H22N2/c1-7-11-13(16-9-3)15(5,6)14(12-8-2)17-10-4/h7-12H,3-4H2,1-2,5-6H3/b11-7-,12-8-,16-13+,17-14+. The Bertz CT molecular complexity index is 344. The third-order valence-electron chi connectivity index (χ3n) is 2.39. The van der Waals surface area contributed by atoms with Crippen molar-refractivity contribution in [3.05, 3.63) is 49.9 Å². The number of hydrogen-bond donors (Lipinski definition) is 0. The van der Waals surface area contributed by atoms with Gasteiger partial charge in [-0.1, -0.05) is 25.3 Å². The largest absolute Gasteiger partial charge is 0.261 e. The normalized spacial score (nSPS) is 14.6. The van der Waals surface area contributed by atoms with E-state index < -0.39 is 0 Å². The van der Waals surface area contributed by atoms with Crippen molar-refractivity contribution in [3.63, 3.8) is 0 Å². The van der Waals surface area contributed by atoms with Gasteiger partial charge >= 0.3 is 0 Å². The average Bonchev–Trinajstić information content (AvgIpc) is 2.28. The van der Waals surface area contributed by atoms with Gasteiger partial charge in [0.1, 0.15) is 0 Å². The van der Waals surface area contributed by atoms with Gasteiger partial charge in [0.2, 0.25) is 0 Å². The van der Waals surface area contributed by atoms with Crippen molar-refractivity contribution in [1.82, 2.24) is 0 Å². The lowest BCUT2D eigenvalue weighted by Crippen LogP contribution is -2.31. The van der Waals surface area contributed by atoms with Crippen LogP contribution in [0.4, 0.5) is 0 Å². The van der Waals surface area contributed by atoms with Crippen LogP contribution in [0.1, 0.15) is 27.7 Å². The molecule has 0 atom stereocenters. The van der Waals surface area contributed by atoms with Gasteiger partial charge in [-0.15, -0.1) is 0 Å². The molecule has 0 aliphatic rings. The summed E-state index contributed by atoms with van der Waals surface area (Å²) in [6, 6.07) is 0. The Hall–Kier alpha value is -1.70. The molecule has 0 aromatic heterocycles. The van der Waals surface area contributed by atoms with Crippen molar-refractivity contribution >= 4 is 11.4 Å². The van der Waals surface area contributed by atoms with E-state index in [-0.39, 0.29) is 5.41 Å². The summed E-state index contributed by atoms with van der Waals surface area (Å²) in [6.07, 6.45) is 11.0. The van der Waals surface area contributed by atoms with E-state index in [1.54, 1.807) is 12.4 Å². The fourth-order valence-corrected chi connectivity index (χ4v) is 1.47. The Morgan fingerprint density at radius 2 is 1.24 bits per heavy atom. The summed E-state index contributed by atoms with van der Waals surface area (Å²) in [4.78, 5) is 8.63. The minimum Gasteiger partial charge on any atom is -0.261 e. The van der Waals surface area contributed by atoms with Crippen LogP contribution in [-0.4, -0.2) is 11.4 Å². The second-order valence-electron chi connectivity index (χ2n) is 4.02. The van der Waals surface area contributed by atoms with E-state index in [0.29, 0.717) is 0 Å². The number of allylic oxidation sites excluding steroid dienone is 4. The molecule has 0 aliphatic carbocycles. The maximum absolute atomic E-state index is 4.32. The summed E-state index contributed by atoms with van der Waals surface area (Å²) in [6.45, 7) is 15.4. The van der Waals surface area contributed by atoms with Crippen LogP contribution in [0.25, 0.3) is 0 Å². The maximum Gasteiger partial charge on any atom is 0.0515 e. The quantitative estimate of drug-likeness (QED) is 0.607.